The fourth-order valence-corrected chi connectivity index (χ4v) is 4.78. The summed E-state index contributed by atoms with van der Waals surface area (Å²) in [7, 11) is 0. The van der Waals surface area contributed by atoms with E-state index in [0.717, 1.165) is 84.7 Å². The molecule has 0 radical (unpaired) electrons. The summed E-state index contributed by atoms with van der Waals surface area (Å²) in [5.41, 5.74) is 4.72. The van der Waals surface area contributed by atoms with E-state index in [1.165, 1.54) is 0 Å². The average Bonchev–Trinajstić information content (AvgIpc) is 3.31. The first-order chi connectivity index (χ1) is 15.7. The third-order valence-electron chi connectivity index (χ3n) is 6.32. The number of aromatic nitrogens is 1. The van der Waals surface area contributed by atoms with Gasteiger partial charge in [0.15, 0.2) is 0 Å². The van der Waals surface area contributed by atoms with Crippen molar-refractivity contribution in [2.75, 3.05) is 39.4 Å². The van der Waals surface area contributed by atoms with Crippen LogP contribution in [0.25, 0.3) is 22.6 Å². The number of hydrogen-bond donors (Lipinski definition) is 1. The van der Waals surface area contributed by atoms with Gasteiger partial charge in [-0.05, 0) is 54.2 Å². The van der Waals surface area contributed by atoms with Gasteiger partial charge in [-0.25, -0.2) is 4.98 Å². The average molecular weight is 432 g/mol. The molecular weight excluding hydrogens is 402 g/mol. The molecule has 0 saturated carbocycles. The van der Waals surface area contributed by atoms with Crippen LogP contribution in [0, 0.1) is 5.92 Å². The first-order valence-electron chi connectivity index (χ1n) is 11.4. The van der Waals surface area contributed by atoms with Crippen molar-refractivity contribution >= 4 is 28.5 Å². The molecule has 0 spiro atoms. The monoisotopic (exact) mass is 431 g/mol. The van der Waals surface area contributed by atoms with Crippen LogP contribution in [0.1, 0.15) is 40.7 Å². The third kappa shape index (κ3) is 4.33. The molecule has 166 valence electrons. The Bertz CT molecular complexity index is 1130. The van der Waals surface area contributed by atoms with Crippen LogP contribution >= 0.6 is 0 Å². The number of rotatable bonds is 5. The second-order valence-electron chi connectivity index (χ2n) is 8.74. The summed E-state index contributed by atoms with van der Waals surface area (Å²) in [5, 5.41) is 4.09. The quantitative estimate of drug-likeness (QED) is 0.661. The number of carbonyl (C=O) groups excluding carboxylic acids is 1. The molecule has 0 bridgehead atoms. The number of amides is 1. The number of nitrogens with zero attached hydrogens (tertiary/aromatic N) is 2. The van der Waals surface area contributed by atoms with Crippen molar-refractivity contribution in [3.8, 4) is 0 Å². The number of pyridine rings is 1. The molecule has 6 heteroatoms. The number of furan rings is 1. The fourth-order valence-electron chi connectivity index (χ4n) is 4.78. The maximum absolute atomic E-state index is 13.5. The molecule has 1 atom stereocenters. The van der Waals surface area contributed by atoms with E-state index in [-0.39, 0.29) is 5.91 Å². The van der Waals surface area contributed by atoms with Crippen molar-refractivity contribution < 1.29 is 13.9 Å². The summed E-state index contributed by atoms with van der Waals surface area (Å²) >= 11 is 0. The minimum atomic E-state index is -0.0143. The summed E-state index contributed by atoms with van der Waals surface area (Å²) in [5.74, 6) is 1.22. The van der Waals surface area contributed by atoms with E-state index < -0.39 is 0 Å². The number of ether oxygens (including phenoxy) is 1. The van der Waals surface area contributed by atoms with Gasteiger partial charge >= 0.3 is 0 Å². The standard InChI is InChI=1S/C26H29N3O3/c1-18-15-19(17-20-5-4-12-32-20)25-22(16-18)24(21-6-2-3-7-23(21)28-25)26(30)27-8-9-29-10-13-31-14-11-29/h2-7,12,17-18H,8-11,13-16H2,1H3,(H,27,30)/b19-17+. The normalized spacial score (nSPS) is 20.4. The Hall–Kier alpha value is -2.96. The number of para-hydroxylation sites is 1. The summed E-state index contributed by atoms with van der Waals surface area (Å²) in [4.78, 5) is 20.8. The van der Waals surface area contributed by atoms with Gasteiger partial charge in [0.1, 0.15) is 5.76 Å². The number of allylic oxidation sites excluding steroid dienone is 1. The molecule has 32 heavy (non-hydrogen) atoms. The number of morpholine rings is 1. The van der Waals surface area contributed by atoms with Gasteiger partial charge in [0.2, 0.25) is 0 Å². The van der Waals surface area contributed by atoms with E-state index >= 15 is 0 Å². The Morgan fingerprint density at radius 2 is 2.03 bits per heavy atom. The smallest absolute Gasteiger partial charge is 0.252 e. The van der Waals surface area contributed by atoms with Gasteiger partial charge in [0.25, 0.3) is 5.91 Å². The van der Waals surface area contributed by atoms with Crippen LogP contribution in [0.3, 0.4) is 0 Å². The molecule has 1 amide bonds. The van der Waals surface area contributed by atoms with Crippen LogP contribution < -0.4 is 5.32 Å². The van der Waals surface area contributed by atoms with E-state index in [4.69, 9.17) is 14.1 Å². The molecule has 1 fully saturated rings. The molecular formula is C26H29N3O3. The van der Waals surface area contributed by atoms with Crippen molar-refractivity contribution in [2.45, 2.75) is 19.8 Å². The van der Waals surface area contributed by atoms with Gasteiger partial charge < -0.3 is 14.5 Å². The number of nitrogens with one attached hydrogen (secondary N) is 1. The maximum Gasteiger partial charge on any atom is 0.252 e. The van der Waals surface area contributed by atoms with Gasteiger partial charge in [-0.3, -0.25) is 9.69 Å². The van der Waals surface area contributed by atoms with E-state index in [2.05, 4.69) is 23.2 Å². The number of carbonyl (C=O) groups is 1. The lowest BCUT2D eigenvalue weighted by atomic mass is 9.80. The lowest BCUT2D eigenvalue weighted by molar-refractivity contribution is 0.0383. The van der Waals surface area contributed by atoms with Crippen LogP contribution in [0.4, 0.5) is 0 Å². The maximum atomic E-state index is 13.5. The van der Waals surface area contributed by atoms with Crippen LogP contribution in [-0.2, 0) is 11.2 Å². The van der Waals surface area contributed by atoms with Crippen LogP contribution in [-0.4, -0.2) is 55.2 Å². The molecule has 2 aliphatic rings. The number of hydrogen-bond acceptors (Lipinski definition) is 5. The largest absolute Gasteiger partial charge is 0.465 e. The Morgan fingerprint density at radius 3 is 2.84 bits per heavy atom. The van der Waals surface area contributed by atoms with Crippen molar-refractivity contribution in [1.29, 1.82) is 0 Å². The predicted molar refractivity (Wildman–Crippen MR) is 125 cm³/mol. The van der Waals surface area contributed by atoms with Gasteiger partial charge in [-0.1, -0.05) is 25.1 Å². The minimum absolute atomic E-state index is 0.0143. The zero-order chi connectivity index (χ0) is 21.9. The highest BCUT2D eigenvalue weighted by atomic mass is 16.5. The van der Waals surface area contributed by atoms with Gasteiger partial charge in [0, 0.05) is 31.6 Å². The van der Waals surface area contributed by atoms with Crippen LogP contribution in [0.2, 0.25) is 0 Å². The van der Waals surface area contributed by atoms with Gasteiger partial charge in [0.05, 0.1) is 36.3 Å². The van der Waals surface area contributed by atoms with Crippen LogP contribution in [0.5, 0.6) is 0 Å². The molecule has 1 N–H and O–H groups in total. The highest BCUT2D eigenvalue weighted by Gasteiger charge is 2.28. The first kappa shape index (κ1) is 20.9. The third-order valence-corrected chi connectivity index (χ3v) is 6.32. The van der Waals surface area contributed by atoms with Gasteiger partial charge in [-0.15, -0.1) is 0 Å². The fraction of sp³-hybridized carbons (Fsp3) is 0.385. The summed E-state index contributed by atoms with van der Waals surface area (Å²) in [6.45, 7) is 7.05. The zero-order valence-corrected chi connectivity index (χ0v) is 18.5. The van der Waals surface area contributed by atoms with Crippen molar-refractivity contribution in [3.63, 3.8) is 0 Å². The topological polar surface area (TPSA) is 67.6 Å². The van der Waals surface area contributed by atoms with E-state index in [0.29, 0.717) is 12.5 Å². The summed E-state index contributed by atoms with van der Waals surface area (Å²) in [6.07, 6.45) is 5.50. The minimum Gasteiger partial charge on any atom is -0.465 e. The Labute approximate surface area is 188 Å². The van der Waals surface area contributed by atoms with E-state index in [1.54, 1.807) is 6.26 Å². The Morgan fingerprint density at radius 1 is 1.19 bits per heavy atom. The van der Waals surface area contributed by atoms with E-state index in [1.807, 2.05) is 36.4 Å². The second-order valence-corrected chi connectivity index (χ2v) is 8.74. The lowest BCUT2D eigenvalue weighted by Crippen LogP contribution is -2.41. The molecule has 1 aliphatic carbocycles. The zero-order valence-electron chi connectivity index (χ0n) is 18.5. The molecule has 3 heterocycles. The molecule has 1 saturated heterocycles. The summed E-state index contributed by atoms with van der Waals surface area (Å²) < 4.78 is 11.0. The van der Waals surface area contributed by atoms with Crippen LogP contribution in [0.15, 0.2) is 47.1 Å². The molecule has 1 aromatic carbocycles. The highest BCUT2D eigenvalue weighted by Crippen LogP contribution is 2.38. The van der Waals surface area contributed by atoms with Crippen molar-refractivity contribution in [3.05, 3.63) is 65.2 Å². The number of benzene rings is 1. The lowest BCUT2D eigenvalue weighted by Gasteiger charge is -2.28. The molecule has 5 rings (SSSR count). The Kier molecular flexibility index (Phi) is 6.06. The van der Waals surface area contributed by atoms with Crippen molar-refractivity contribution in [1.82, 2.24) is 15.2 Å². The van der Waals surface area contributed by atoms with Crippen molar-refractivity contribution in [2.24, 2.45) is 5.92 Å². The first-order valence-corrected chi connectivity index (χ1v) is 11.4. The predicted octanol–water partition coefficient (Wildman–Crippen LogP) is 4.01. The van der Waals surface area contributed by atoms with Gasteiger partial charge in [-0.2, -0.15) is 0 Å². The van der Waals surface area contributed by atoms with E-state index in [9.17, 15) is 4.79 Å². The number of fused-ring (bicyclic) bond motifs is 2. The second kappa shape index (κ2) is 9.27. The molecule has 1 aliphatic heterocycles. The highest BCUT2D eigenvalue weighted by molar-refractivity contribution is 6.09. The molecule has 3 aromatic rings. The molecule has 1 unspecified atom stereocenters. The Balaban J connectivity index is 1.50. The SMILES string of the molecule is CC1C/C(=C\c2ccco2)c2nc3ccccc3c(C(=O)NCCN3CCOCC3)c2C1. The summed E-state index contributed by atoms with van der Waals surface area (Å²) in [6, 6.07) is 11.8. The molecule has 2 aromatic heterocycles. The molecule has 6 nitrogen and oxygen atoms in total.